The monoisotopic (exact) mass is 239 g/mol. The summed E-state index contributed by atoms with van der Waals surface area (Å²) in [5.74, 6) is 0. The van der Waals surface area contributed by atoms with Gasteiger partial charge in [0.1, 0.15) is 0 Å². The van der Waals surface area contributed by atoms with Crippen LogP contribution in [-0.2, 0) is 0 Å². The molecule has 0 rings (SSSR count). The van der Waals surface area contributed by atoms with E-state index in [2.05, 4.69) is 21.7 Å². The van der Waals surface area contributed by atoms with Crippen LogP contribution in [0.25, 0.3) is 0 Å². The largest absolute Gasteiger partial charge is 0.391 e. The third-order valence-electron chi connectivity index (χ3n) is 2.36. The summed E-state index contributed by atoms with van der Waals surface area (Å²) in [7, 11) is 1.90. The van der Waals surface area contributed by atoms with Gasteiger partial charge in [0.05, 0.1) is 6.17 Å². The van der Waals surface area contributed by atoms with Crippen LogP contribution in [0, 0.1) is 0 Å². The van der Waals surface area contributed by atoms with E-state index in [1.807, 2.05) is 27.8 Å². The molecule has 0 amide bonds. The molecule has 0 radical (unpaired) electrons. The van der Waals surface area contributed by atoms with E-state index in [-0.39, 0.29) is 6.17 Å². The molecule has 0 fully saturated rings. The fourth-order valence-corrected chi connectivity index (χ4v) is 1.26. The molecule has 0 aliphatic rings. The molecule has 0 bridgehead atoms. The molecule has 7 N–H and O–H groups in total. The van der Waals surface area contributed by atoms with E-state index in [1.165, 1.54) is 0 Å². The molecule has 0 aromatic rings. The van der Waals surface area contributed by atoms with Gasteiger partial charge in [0, 0.05) is 32.2 Å². The third kappa shape index (κ3) is 6.81. The van der Waals surface area contributed by atoms with Crippen molar-refractivity contribution < 1.29 is 0 Å². The Morgan fingerprint density at radius 3 is 2.53 bits per heavy atom. The summed E-state index contributed by atoms with van der Waals surface area (Å²) in [5.41, 5.74) is 17.5. The minimum atomic E-state index is -0.0738. The topological polar surface area (TPSA) is 88.1 Å². The molecule has 0 heterocycles. The van der Waals surface area contributed by atoms with E-state index in [0.717, 1.165) is 16.8 Å². The highest BCUT2D eigenvalue weighted by atomic mass is 15.0. The molecule has 5 nitrogen and oxygen atoms in total. The van der Waals surface area contributed by atoms with Crippen LogP contribution < -0.4 is 27.4 Å². The maximum atomic E-state index is 5.58. The zero-order valence-corrected chi connectivity index (χ0v) is 11.2. The highest BCUT2D eigenvalue weighted by Gasteiger charge is 2.03. The minimum Gasteiger partial charge on any atom is -0.391 e. The number of allylic oxidation sites excluding steroid dienone is 1. The van der Waals surface area contributed by atoms with Crippen LogP contribution in [-0.4, -0.2) is 26.4 Å². The van der Waals surface area contributed by atoms with Crippen LogP contribution in [0.5, 0.6) is 0 Å². The van der Waals surface area contributed by atoms with E-state index >= 15 is 0 Å². The van der Waals surface area contributed by atoms with E-state index in [9.17, 15) is 0 Å². The average Bonchev–Trinajstić information content (AvgIpc) is 2.28. The molecule has 0 saturated heterocycles. The molecule has 0 spiro atoms. The van der Waals surface area contributed by atoms with Gasteiger partial charge in [0.15, 0.2) is 0 Å². The first-order chi connectivity index (χ1) is 8.02. The first-order valence-electron chi connectivity index (χ1n) is 5.75. The lowest BCUT2D eigenvalue weighted by atomic mass is 10.1. The Labute approximate surface area is 104 Å². The maximum absolute atomic E-state index is 5.58. The van der Waals surface area contributed by atoms with Crippen LogP contribution in [0.4, 0.5) is 0 Å². The van der Waals surface area contributed by atoms with Gasteiger partial charge < -0.3 is 27.4 Å². The lowest BCUT2D eigenvalue weighted by Crippen LogP contribution is -2.29. The molecular formula is C12H25N5. The van der Waals surface area contributed by atoms with Gasteiger partial charge in [-0.25, -0.2) is 0 Å². The van der Waals surface area contributed by atoms with Gasteiger partial charge in [0.2, 0.25) is 0 Å². The molecule has 0 aromatic carbocycles. The van der Waals surface area contributed by atoms with E-state index in [4.69, 9.17) is 11.5 Å². The van der Waals surface area contributed by atoms with Crippen LogP contribution >= 0.6 is 0 Å². The molecule has 0 aliphatic heterocycles. The number of nitrogens with one attached hydrogen (secondary N) is 3. The van der Waals surface area contributed by atoms with E-state index in [0.29, 0.717) is 13.2 Å². The second-order valence-electron chi connectivity index (χ2n) is 3.85. The molecule has 98 valence electrons. The quantitative estimate of drug-likeness (QED) is 0.244. The second-order valence-corrected chi connectivity index (χ2v) is 3.85. The van der Waals surface area contributed by atoms with Gasteiger partial charge in [-0.2, -0.15) is 0 Å². The Morgan fingerprint density at radius 1 is 1.41 bits per heavy atom. The first kappa shape index (κ1) is 15.7. The molecule has 5 heteroatoms. The maximum Gasteiger partial charge on any atom is 0.0714 e. The molecular weight excluding hydrogens is 214 g/mol. The van der Waals surface area contributed by atoms with Gasteiger partial charge in [-0.1, -0.05) is 5.73 Å². The van der Waals surface area contributed by atoms with Crippen molar-refractivity contribution in [3.63, 3.8) is 0 Å². The number of rotatable bonds is 7. The van der Waals surface area contributed by atoms with Crippen molar-refractivity contribution >= 4 is 0 Å². The third-order valence-corrected chi connectivity index (χ3v) is 2.36. The molecule has 1 unspecified atom stereocenters. The van der Waals surface area contributed by atoms with Gasteiger partial charge in [-0.3, -0.25) is 0 Å². The van der Waals surface area contributed by atoms with Crippen molar-refractivity contribution in [1.82, 2.24) is 16.0 Å². The lowest BCUT2D eigenvalue weighted by Gasteiger charge is -2.12. The van der Waals surface area contributed by atoms with Crippen LogP contribution in [0.3, 0.4) is 0 Å². The normalized spacial score (nSPS) is 13.3. The summed E-state index contributed by atoms with van der Waals surface area (Å²) in [6.45, 7) is 7.08. The number of nitrogens with two attached hydrogens (primary N) is 2. The molecule has 0 aromatic heterocycles. The zero-order valence-electron chi connectivity index (χ0n) is 11.2. The van der Waals surface area contributed by atoms with Crippen LogP contribution in [0.2, 0.25) is 0 Å². The minimum absolute atomic E-state index is 0.0738. The average molecular weight is 239 g/mol. The Balaban J connectivity index is 4.87. The number of hydrogen-bond donors (Lipinski definition) is 5. The Morgan fingerprint density at radius 2 is 2.06 bits per heavy atom. The SMILES string of the molecule is CN/C(C)=C(/CNCN)C(C)=C=CNC(C)N. The lowest BCUT2D eigenvalue weighted by molar-refractivity contribution is 0.670. The van der Waals surface area contributed by atoms with Crippen molar-refractivity contribution in [3.05, 3.63) is 28.8 Å². The van der Waals surface area contributed by atoms with Crippen LogP contribution in [0.15, 0.2) is 28.8 Å². The number of hydrogen-bond acceptors (Lipinski definition) is 5. The molecule has 0 aliphatic carbocycles. The van der Waals surface area contributed by atoms with Crippen molar-refractivity contribution in [3.8, 4) is 0 Å². The van der Waals surface area contributed by atoms with Crippen LogP contribution in [0.1, 0.15) is 20.8 Å². The van der Waals surface area contributed by atoms with Crippen molar-refractivity contribution in [2.24, 2.45) is 11.5 Å². The van der Waals surface area contributed by atoms with Gasteiger partial charge in [0.25, 0.3) is 0 Å². The zero-order chi connectivity index (χ0) is 13.3. The Hall–Kier alpha value is -1.26. The van der Waals surface area contributed by atoms with Crippen molar-refractivity contribution in [2.75, 3.05) is 20.3 Å². The summed E-state index contributed by atoms with van der Waals surface area (Å²) in [4.78, 5) is 0. The Bertz CT molecular complexity index is 311. The molecule has 0 saturated carbocycles. The summed E-state index contributed by atoms with van der Waals surface area (Å²) in [6.07, 6.45) is 1.67. The van der Waals surface area contributed by atoms with E-state index < -0.39 is 0 Å². The fraction of sp³-hybridized carbons (Fsp3) is 0.583. The highest BCUT2D eigenvalue weighted by molar-refractivity contribution is 5.33. The second kappa shape index (κ2) is 8.84. The summed E-state index contributed by atoms with van der Waals surface area (Å²) < 4.78 is 0. The summed E-state index contributed by atoms with van der Waals surface area (Å²) >= 11 is 0. The molecule has 1 atom stereocenters. The smallest absolute Gasteiger partial charge is 0.0714 e. The van der Waals surface area contributed by atoms with Gasteiger partial charge in [-0.05, 0) is 31.9 Å². The highest BCUT2D eigenvalue weighted by Crippen LogP contribution is 2.10. The van der Waals surface area contributed by atoms with Crippen molar-refractivity contribution in [1.29, 1.82) is 0 Å². The first-order valence-corrected chi connectivity index (χ1v) is 5.75. The van der Waals surface area contributed by atoms with Crippen molar-refractivity contribution in [2.45, 2.75) is 26.9 Å². The van der Waals surface area contributed by atoms with E-state index in [1.54, 1.807) is 6.20 Å². The molecule has 17 heavy (non-hydrogen) atoms. The summed E-state index contributed by atoms with van der Waals surface area (Å²) in [5, 5.41) is 9.21. The predicted molar refractivity (Wildman–Crippen MR) is 72.9 cm³/mol. The standard InChI is InChI=1S/C12H25N5/c1-9(5-6-17-11(3)14)12(7-16-8-13)10(2)15-4/h6,11,15-17H,7-8,13-14H2,1-4H3/b12-10-. The summed E-state index contributed by atoms with van der Waals surface area (Å²) in [6, 6.07) is 0. The van der Waals surface area contributed by atoms with Gasteiger partial charge >= 0.3 is 0 Å². The Kier molecular flexibility index (Phi) is 8.19. The predicted octanol–water partition coefficient (Wildman–Crippen LogP) is -0.0612. The van der Waals surface area contributed by atoms with Gasteiger partial charge in [-0.15, -0.1) is 0 Å². The fourth-order valence-electron chi connectivity index (χ4n) is 1.26.